The zero-order valence-corrected chi connectivity index (χ0v) is 16.0. The third-order valence-corrected chi connectivity index (χ3v) is 4.98. The molecule has 5 rings (SSSR count). The number of fused-ring (bicyclic) bond motifs is 1. The highest BCUT2D eigenvalue weighted by Crippen LogP contribution is 2.43. The van der Waals surface area contributed by atoms with Crippen molar-refractivity contribution in [1.29, 1.82) is 0 Å². The summed E-state index contributed by atoms with van der Waals surface area (Å²) >= 11 is 0. The van der Waals surface area contributed by atoms with Gasteiger partial charge in [0.1, 0.15) is 12.1 Å². The van der Waals surface area contributed by atoms with Gasteiger partial charge in [-0.05, 0) is 55.3 Å². The van der Waals surface area contributed by atoms with Crippen LogP contribution in [0.4, 0.5) is 18.9 Å². The second-order valence-electron chi connectivity index (χ2n) is 7.33. The molecule has 8 nitrogen and oxygen atoms in total. The summed E-state index contributed by atoms with van der Waals surface area (Å²) in [6, 6.07) is 11.1. The minimum Gasteiger partial charge on any atom is -0.324 e. The van der Waals surface area contributed by atoms with Gasteiger partial charge in [-0.15, -0.1) is 5.10 Å². The molecule has 1 aromatic carbocycles. The zero-order valence-electron chi connectivity index (χ0n) is 16.0. The lowest BCUT2D eigenvalue weighted by Gasteiger charge is -2.09. The zero-order chi connectivity index (χ0) is 21.6. The number of hydrogen-bond donors (Lipinski definition) is 1. The van der Waals surface area contributed by atoms with E-state index in [1.807, 2.05) is 0 Å². The topological polar surface area (TPSA) is 90.5 Å². The molecule has 11 heteroatoms. The number of halogens is 3. The molecule has 3 heterocycles. The normalized spacial score (nSPS) is 14.2. The second-order valence-corrected chi connectivity index (χ2v) is 7.33. The van der Waals surface area contributed by atoms with Crippen LogP contribution < -0.4 is 5.32 Å². The second kappa shape index (κ2) is 7.18. The molecule has 0 aliphatic heterocycles. The first-order valence-corrected chi connectivity index (χ1v) is 9.60. The lowest BCUT2D eigenvalue weighted by Crippen LogP contribution is -2.19. The molecule has 0 atom stereocenters. The summed E-state index contributed by atoms with van der Waals surface area (Å²) < 4.78 is 42.0. The molecule has 3 aromatic heterocycles. The SMILES string of the molecule is O=C(Cn1nnc2cccnc21)Nc1ccc(-n2nc(C(F)(F)F)cc2C2CC2)cc1. The van der Waals surface area contributed by atoms with Crippen LogP contribution in [0.2, 0.25) is 0 Å². The lowest BCUT2D eigenvalue weighted by molar-refractivity contribution is -0.141. The van der Waals surface area contributed by atoms with Crippen LogP contribution in [0.1, 0.15) is 30.1 Å². The van der Waals surface area contributed by atoms with Crippen LogP contribution in [0.25, 0.3) is 16.9 Å². The van der Waals surface area contributed by atoms with Crippen molar-refractivity contribution >= 4 is 22.8 Å². The number of hydrogen-bond acceptors (Lipinski definition) is 5. The Hall–Kier alpha value is -3.76. The fourth-order valence-corrected chi connectivity index (χ4v) is 3.35. The van der Waals surface area contributed by atoms with E-state index in [0.717, 1.165) is 18.9 Å². The number of alkyl halides is 3. The first-order valence-electron chi connectivity index (χ1n) is 9.60. The first-order chi connectivity index (χ1) is 14.9. The molecule has 31 heavy (non-hydrogen) atoms. The Morgan fingerprint density at radius 1 is 1.16 bits per heavy atom. The molecular weight excluding hydrogens is 411 g/mol. The standard InChI is InChI=1S/C20H16F3N7O/c21-20(22,23)17-10-16(12-3-4-12)30(27-17)14-7-5-13(6-8-14)25-18(31)11-29-19-15(26-28-29)2-1-9-24-19/h1-2,5-10,12H,3-4,11H2,(H,25,31). The van der Waals surface area contributed by atoms with Gasteiger partial charge in [0.2, 0.25) is 5.91 Å². The van der Waals surface area contributed by atoms with Gasteiger partial charge < -0.3 is 5.32 Å². The van der Waals surface area contributed by atoms with Gasteiger partial charge in [-0.2, -0.15) is 18.3 Å². The molecule has 1 aliphatic carbocycles. The van der Waals surface area contributed by atoms with Gasteiger partial charge in [0.25, 0.3) is 0 Å². The molecule has 0 unspecified atom stereocenters. The van der Waals surface area contributed by atoms with E-state index in [1.54, 1.807) is 42.6 Å². The van der Waals surface area contributed by atoms with Gasteiger partial charge in [-0.25, -0.2) is 14.3 Å². The number of rotatable bonds is 5. The molecule has 0 spiro atoms. The molecule has 1 saturated carbocycles. The lowest BCUT2D eigenvalue weighted by atomic mass is 10.2. The summed E-state index contributed by atoms with van der Waals surface area (Å²) in [6.45, 7) is -0.0742. The average Bonchev–Trinajstić information content (AvgIpc) is 3.35. The van der Waals surface area contributed by atoms with Gasteiger partial charge >= 0.3 is 6.18 Å². The molecule has 0 radical (unpaired) electrons. The molecule has 158 valence electrons. The third kappa shape index (κ3) is 3.86. The predicted octanol–water partition coefficient (Wildman–Crippen LogP) is 3.55. The van der Waals surface area contributed by atoms with Gasteiger partial charge in [-0.3, -0.25) is 4.79 Å². The van der Waals surface area contributed by atoms with Crippen LogP contribution in [0, 0.1) is 0 Å². The highest BCUT2D eigenvalue weighted by molar-refractivity contribution is 5.91. The number of amides is 1. The largest absolute Gasteiger partial charge is 0.435 e. The van der Waals surface area contributed by atoms with E-state index >= 15 is 0 Å². The van der Waals surface area contributed by atoms with Gasteiger partial charge in [0.05, 0.1) is 5.69 Å². The number of pyridine rings is 1. The minimum atomic E-state index is -4.50. The molecular formula is C20H16F3N7O. The molecule has 1 aliphatic rings. The maximum Gasteiger partial charge on any atom is 0.435 e. The fourth-order valence-electron chi connectivity index (χ4n) is 3.35. The molecule has 1 N–H and O–H groups in total. The monoisotopic (exact) mass is 427 g/mol. The first kappa shape index (κ1) is 19.2. The van der Waals surface area contributed by atoms with Crippen molar-refractivity contribution < 1.29 is 18.0 Å². The van der Waals surface area contributed by atoms with E-state index in [4.69, 9.17) is 0 Å². The Bertz CT molecular complexity index is 1260. The van der Waals surface area contributed by atoms with Gasteiger partial charge in [-0.1, -0.05) is 5.21 Å². The quantitative estimate of drug-likeness (QED) is 0.526. The Balaban J connectivity index is 1.32. The number of nitrogens with zero attached hydrogens (tertiary/aromatic N) is 6. The Kier molecular flexibility index (Phi) is 4.45. The Morgan fingerprint density at radius 2 is 1.94 bits per heavy atom. The van der Waals surface area contributed by atoms with Crippen LogP contribution in [0.3, 0.4) is 0 Å². The van der Waals surface area contributed by atoms with E-state index < -0.39 is 11.9 Å². The van der Waals surface area contributed by atoms with Crippen molar-refractivity contribution in [3.8, 4) is 5.69 Å². The smallest absolute Gasteiger partial charge is 0.324 e. The highest BCUT2D eigenvalue weighted by Gasteiger charge is 2.38. The number of carbonyl (C=O) groups is 1. The molecule has 4 aromatic rings. The van der Waals surface area contributed by atoms with E-state index in [0.29, 0.717) is 28.2 Å². The van der Waals surface area contributed by atoms with Crippen LogP contribution in [-0.2, 0) is 17.5 Å². The van der Waals surface area contributed by atoms with Crippen molar-refractivity contribution in [3.05, 3.63) is 60.0 Å². The van der Waals surface area contributed by atoms with Crippen LogP contribution in [0.15, 0.2) is 48.7 Å². The molecule has 1 fully saturated rings. The van der Waals surface area contributed by atoms with Gasteiger partial charge in [0, 0.05) is 23.5 Å². The summed E-state index contributed by atoms with van der Waals surface area (Å²) in [5.74, 6) is -0.239. The van der Waals surface area contributed by atoms with Crippen LogP contribution >= 0.6 is 0 Å². The molecule has 0 bridgehead atoms. The van der Waals surface area contributed by atoms with Crippen LogP contribution in [-0.4, -0.2) is 35.7 Å². The van der Waals surface area contributed by atoms with Crippen molar-refractivity contribution in [2.24, 2.45) is 0 Å². The average molecular weight is 427 g/mol. The van der Waals surface area contributed by atoms with Crippen molar-refractivity contribution in [2.75, 3.05) is 5.32 Å². The maximum atomic E-state index is 13.1. The number of nitrogens with one attached hydrogen (secondary N) is 1. The number of carbonyl (C=O) groups excluding carboxylic acids is 1. The van der Waals surface area contributed by atoms with E-state index in [9.17, 15) is 18.0 Å². The van der Waals surface area contributed by atoms with Crippen molar-refractivity contribution in [2.45, 2.75) is 31.5 Å². The van der Waals surface area contributed by atoms with Crippen molar-refractivity contribution in [3.63, 3.8) is 0 Å². The molecule has 0 saturated heterocycles. The predicted molar refractivity (Wildman–Crippen MR) is 104 cm³/mol. The summed E-state index contributed by atoms with van der Waals surface area (Å²) in [6.07, 6.45) is -1.21. The summed E-state index contributed by atoms with van der Waals surface area (Å²) in [7, 11) is 0. The fraction of sp³-hybridized carbons (Fsp3) is 0.250. The van der Waals surface area contributed by atoms with E-state index in [2.05, 4.69) is 25.7 Å². The minimum absolute atomic E-state index is 0.0742. The third-order valence-electron chi connectivity index (χ3n) is 4.98. The summed E-state index contributed by atoms with van der Waals surface area (Å²) in [5, 5.41) is 14.4. The number of anilines is 1. The van der Waals surface area contributed by atoms with E-state index in [1.165, 1.54) is 9.36 Å². The summed E-state index contributed by atoms with van der Waals surface area (Å²) in [5.41, 5.74) is 1.74. The van der Waals surface area contributed by atoms with Crippen LogP contribution in [0.5, 0.6) is 0 Å². The Labute approximate surface area is 173 Å². The summed E-state index contributed by atoms with van der Waals surface area (Å²) in [4.78, 5) is 16.5. The number of benzene rings is 1. The maximum absolute atomic E-state index is 13.1. The van der Waals surface area contributed by atoms with E-state index in [-0.39, 0.29) is 18.4 Å². The molecule has 1 amide bonds. The number of aromatic nitrogens is 6. The highest BCUT2D eigenvalue weighted by atomic mass is 19.4. The Morgan fingerprint density at radius 3 is 2.65 bits per heavy atom. The van der Waals surface area contributed by atoms with Gasteiger partial charge in [0.15, 0.2) is 11.3 Å². The van der Waals surface area contributed by atoms with Crippen molar-refractivity contribution in [1.82, 2.24) is 29.8 Å².